The van der Waals surface area contributed by atoms with E-state index < -0.39 is 0 Å². The summed E-state index contributed by atoms with van der Waals surface area (Å²) in [6, 6.07) is 14.1. The number of hydrogen-bond acceptors (Lipinski definition) is 2. The van der Waals surface area contributed by atoms with Crippen molar-refractivity contribution in [3.8, 4) is 0 Å². The maximum absolute atomic E-state index is 10.7. The molecule has 3 heteroatoms. The van der Waals surface area contributed by atoms with Crippen molar-refractivity contribution < 1.29 is 4.79 Å². The second-order valence-corrected chi connectivity index (χ2v) is 5.26. The lowest BCUT2D eigenvalue weighted by Crippen LogP contribution is -2.10. The third-order valence-electron chi connectivity index (χ3n) is 3.20. The number of hydrogen-bond donors (Lipinski definition) is 0. The molecule has 19 heavy (non-hydrogen) atoms. The summed E-state index contributed by atoms with van der Waals surface area (Å²) in [5.41, 5.74) is 4.16. The topological polar surface area (TPSA) is 20.3 Å². The molecule has 0 aliphatic carbocycles. The Morgan fingerprint density at radius 2 is 1.84 bits per heavy atom. The van der Waals surface area contributed by atoms with Gasteiger partial charge in [-0.15, -0.1) is 0 Å². The van der Waals surface area contributed by atoms with E-state index in [0.717, 1.165) is 28.6 Å². The minimum Gasteiger partial charge on any atom is -0.344 e. The predicted molar refractivity (Wildman–Crippen MR) is 83.4 cm³/mol. The van der Waals surface area contributed by atoms with Crippen LogP contribution in [0.1, 0.15) is 22.8 Å². The van der Waals surface area contributed by atoms with Crippen LogP contribution < -0.4 is 4.90 Å². The van der Waals surface area contributed by atoms with E-state index >= 15 is 0 Å². The number of aldehydes is 1. The molecule has 0 fully saturated rings. The summed E-state index contributed by atoms with van der Waals surface area (Å²) in [4.78, 5) is 12.8. The van der Waals surface area contributed by atoms with Gasteiger partial charge in [-0.3, -0.25) is 4.79 Å². The van der Waals surface area contributed by atoms with Crippen LogP contribution >= 0.6 is 15.9 Å². The van der Waals surface area contributed by atoms with Crippen LogP contribution in [0.3, 0.4) is 0 Å². The van der Waals surface area contributed by atoms with Gasteiger partial charge >= 0.3 is 0 Å². The monoisotopic (exact) mass is 317 g/mol. The molecule has 0 N–H and O–H groups in total. The summed E-state index contributed by atoms with van der Waals surface area (Å²) in [5.74, 6) is 0. The minimum absolute atomic E-state index is 0.672. The molecule has 0 radical (unpaired) electrons. The second-order valence-electron chi connectivity index (χ2n) is 4.41. The van der Waals surface area contributed by atoms with Crippen molar-refractivity contribution in [2.45, 2.75) is 13.3 Å². The van der Waals surface area contributed by atoms with Crippen molar-refractivity contribution in [1.29, 1.82) is 0 Å². The first-order valence-electron chi connectivity index (χ1n) is 6.23. The van der Waals surface area contributed by atoms with E-state index in [-0.39, 0.29) is 0 Å². The van der Waals surface area contributed by atoms with E-state index in [2.05, 4.69) is 52.0 Å². The summed E-state index contributed by atoms with van der Waals surface area (Å²) < 4.78 is 0.916. The molecule has 0 bridgehead atoms. The molecule has 2 nitrogen and oxygen atoms in total. The fourth-order valence-electron chi connectivity index (χ4n) is 1.96. The molecule has 0 aliphatic heterocycles. The van der Waals surface area contributed by atoms with E-state index in [1.165, 1.54) is 5.56 Å². The van der Waals surface area contributed by atoms with Gasteiger partial charge in [0.2, 0.25) is 0 Å². The number of benzene rings is 2. The molecule has 2 aromatic rings. The molecule has 2 aromatic carbocycles. The number of carbonyl (C=O) groups excluding carboxylic acids is 1. The average Bonchev–Trinajstić information content (AvgIpc) is 2.46. The Hall–Kier alpha value is -1.61. The highest BCUT2D eigenvalue weighted by Gasteiger charge is 2.08. The smallest absolute Gasteiger partial charge is 0.150 e. The molecule has 0 atom stereocenters. The lowest BCUT2D eigenvalue weighted by molar-refractivity contribution is 0.112. The van der Waals surface area contributed by atoms with Crippen LogP contribution in [0, 0.1) is 0 Å². The third-order valence-corrected chi connectivity index (χ3v) is 3.84. The van der Waals surface area contributed by atoms with E-state index in [9.17, 15) is 4.79 Å². The molecule has 0 aromatic heterocycles. The van der Waals surface area contributed by atoms with Gasteiger partial charge in [-0.1, -0.05) is 19.1 Å². The van der Waals surface area contributed by atoms with E-state index in [1.807, 2.05) is 25.2 Å². The van der Waals surface area contributed by atoms with Crippen molar-refractivity contribution >= 4 is 33.6 Å². The number of aryl methyl sites for hydroxylation is 1. The van der Waals surface area contributed by atoms with Crippen molar-refractivity contribution in [2.75, 3.05) is 11.9 Å². The molecule has 98 valence electrons. The largest absolute Gasteiger partial charge is 0.344 e. The quantitative estimate of drug-likeness (QED) is 0.768. The van der Waals surface area contributed by atoms with Crippen molar-refractivity contribution in [3.05, 3.63) is 58.1 Å². The molecule has 2 rings (SSSR count). The molecule has 0 heterocycles. The van der Waals surface area contributed by atoms with Crippen LogP contribution in [0.25, 0.3) is 0 Å². The van der Waals surface area contributed by atoms with E-state index in [0.29, 0.717) is 5.56 Å². The highest BCUT2D eigenvalue weighted by Crippen LogP contribution is 2.31. The first-order chi connectivity index (χ1) is 9.15. The van der Waals surface area contributed by atoms with Gasteiger partial charge in [-0.2, -0.15) is 0 Å². The predicted octanol–water partition coefficient (Wildman–Crippen LogP) is 4.59. The third kappa shape index (κ3) is 3.04. The molecule has 0 aliphatic rings. The average molecular weight is 318 g/mol. The summed E-state index contributed by atoms with van der Waals surface area (Å²) >= 11 is 3.51. The van der Waals surface area contributed by atoms with Gasteiger partial charge in [-0.05, 0) is 58.2 Å². The number of anilines is 2. The highest BCUT2D eigenvalue weighted by atomic mass is 79.9. The van der Waals surface area contributed by atoms with Crippen LogP contribution in [0.2, 0.25) is 0 Å². The Morgan fingerprint density at radius 1 is 1.16 bits per heavy atom. The molecular weight excluding hydrogens is 302 g/mol. The minimum atomic E-state index is 0.672. The van der Waals surface area contributed by atoms with Gasteiger partial charge in [0.1, 0.15) is 6.29 Å². The SMILES string of the molecule is CCc1ccc(N(C)c2ccc(C=O)cc2Br)cc1. The van der Waals surface area contributed by atoms with Crippen LogP contribution in [-0.2, 0) is 6.42 Å². The Labute approximate surface area is 122 Å². The first-order valence-corrected chi connectivity index (χ1v) is 7.02. The Balaban J connectivity index is 2.32. The fraction of sp³-hybridized carbons (Fsp3) is 0.188. The summed E-state index contributed by atoms with van der Waals surface area (Å²) in [6.07, 6.45) is 1.90. The zero-order valence-corrected chi connectivity index (χ0v) is 12.6. The first kappa shape index (κ1) is 13.8. The Kier molecular flexibility index (Phi) is 4.38. The lowest BCUT2D eigenvalue weighted by Gasteiger charge is -2.21. The van der Waals surface area contributed by atoms with Gasteiger partial charge in [-0.25, -0.2) is 0 Å². The van der Waals surface area contributed by atoms with E-state index in [1.54, 1.807) is 0 Å². The molecule has 0 unspecified atom stereocenters. The van der Waals surface area contributed by atoms with Crippen molar-refractivity contribution in [1.82, 2.24) is 0 Å². The van der Waals surface area contributed by atoms with Gasteiger partial charge < -0.3 is 4.90 Å². The van der Waals surface area contributed by atoms with Gasteiger partial charge in [0, 0.05) is 22.8 Å². The number of rotatable bonds is 4. The van der Waals surface area contributed by atoms with Crippen LogP contribution in [0.5, 0.6) is 0 Å². The van der Waals surface area contributed by atoms with Gasteiger partial charge in [0.15, 0.2) is 0 Å². The van der Waals surface area contributed by atoms with E-state index in [4.69, 9.17) is 0 Å². The molecule has 0 amide bonds. The summed E-state index contributed by atoms with van der Waals surface area (Å²) in [5, 5.41) is 0. The number of halogens is 1. The molecule has 0 spiro atoms. The Morgan fingerprint density at radius 3 is 2.37 bits per heavy atom. The lowest BCUT2D eigenvalue weighted by atomic mass is 10.1. The van der Waals surface area contributed by atoms with Gasteiger partial charge in [0.05, 0.1) is 5.69 Å². The maximum Gasteiger partial charge on any atom is 0.150 e. The normalized spacial score (nSPS) is 10.3. The molecule has 0 saturated carbocycles. The number of nitrogens with zero attached hydrogens (tertiary/aromatic N) is 1. The van der Waals surface area contributed by atoms with Crippen molar-refractivity contribution in [3.63, 3.8) is 0 Å². The molecule has 0 saturated heterocycles. The van der Waals surface area contributed by atoms with Crippen LogP contribution in [-0.4, -0.2) is 13.3 Å². The zero-order chi connectivity index (χ0) is 13.8. The van der Waals surface area contributed by atoms with Crippen molar-refractivity contribution in [2.24, 2.45) is 0 Å². The highest BCUT2D eigenvalue weighted by molar-refractivity contribution is 9.10. The molecular formula is C16H16BrNO. The summed E-state index contributed by atoms with van der Waals surface area (Å²) in [6.45, 7) is 2.15. The maximum atomic E-state index is 10.7. The number of carbonyl (C=O) groups is 1. The standard InChI is InChI=1S/C16H16BrNO/c1-3-12-4-7-14(8-5-12)18(2)16-9-6-13(11-19)10-15(16)17/h4-11H,3H2,1-2H3. The summed E-state index contributed by atoms with van der Waals surface area (Å²) in [7, 11) is 2.02. The Bertz CT molecular complexity index is 578. The van der Waals surface area contributed by atoms with Gasteiger partial charge in [0.25, 0.3) is 0 Å². The van der Waals surface area contributed by atoms with Crippen LogP contribution in [0.15, 0.2) is 46.9 Å². The van der Waals surface area contributed by atoms with Crippen LogP contribution in [0.4, 0.5) is 11.4 Å². The zero-order valence-electron chi connectivity index (χ0n) is 11.1. The fourth-order valence-corrected chi connectivity index (χ4v) is 2.63. The second kappa shape index (κ2) is 6.02.